The van der Waals surface area contributed by atoms with Gasteiger partial charge in [0.2, 0.25) is 5.91 Å². The molecule has 2 rings (SSSR count). The lowest BCUT2D eigenvalue weighted by atomic mass is 9.83. The average molecular weight is 348 g/mol. The number of amides is 1. The Morgan fingerprint density at radius 2 is 1.62 bits per heavy atom. The van der Waals surface area contributed by atoms with Gasteiger partial charge >= 0.3 is 0 Å². The highest BCUT2D eigenvalue weighted by atomic mass is 35.5. The first kappa shape index (κ1) is 18.1. The van der Waals surface area contributed by atoms with Gasteiger partial charge in [0.25, 0.3) is 0 Å². The third-order valence-electron chi connectivity index (χ3n) is 4.06. The number of hydrogen-bond acceptors (Lipinski definition) is 3. The molecule has 24 heavy (non-hydrogen) atoms. The average Bonchev–Trinajstić information content (AvgIpc) is 2.56. The van der Waals surface area contributed by atoms with E-state index < -0.39 is 5.41 Å². The van der Waals surface area contributed by atoms with Gasteiger partial charge in [-0.2, -0.15) is 0 Å². The van der Waals surface area contributed by atoms with Crippen molar-refractivity contribution in [3.8, 4) is 11.5 Å². The van der Waals surface area contributed by atoms with Gasteiger partial charge in [0.05, 0.1) is 30.3 Å². The zero-order chi connectivity index (χ0) is 17.9. The highest BCUT2D eigenvalue weighted by Gasteiger charge is 2.30. The van der Waals surface area contributed by atoms with Crippen LogP contribution in [-0.4, -0.2) is 20.1 Å². The Balaban J connectivity index is 2.33. The highest BCUT2D eigenvalue weighted by molar-refractivity contribution is 6.32. The molecule has 0 fully saturated rings. The maximum Gasteiger partial charge on any atom is 0.234 e. The zero-order valence-corrected chi connectivity index (χ0v) is 15.3. The van der Waals surface area contributed by atoms with Crippen LogP contribution in [0.15, 0.2) is 36.4 Å². The zero-order valence-electron chi connectivity index (χ0n) is 14.6. The van der Waals surface area contributed by atoms with Crippen LogP contribution in [0.5, 0.6) is 11.5 Å². The summed E-state index contributed by atoms with van der Waals surface area (Å²) in [4.78, 5) is 12.8. The van der Waals surface area contributed by atoms with Crippen LogP contribution in [0.1, 0.15) is 25.0 Å². The summed E-state index contributed by atoms with van der Waals surface area (Å²) >= 11 is 6.10. The SMILES string of the molecule is COc1cc(NC(=O)C(C)(C)c2ccc(C)cc2)c(OC)cc1Cl. The fraction of sp³-hybridized carbons (Fsp3) is 0.316. The van der Waals surface area contributed by atoms with Crippen molar-refractivity contribution in [2.45, 2.75) is 26.2 Å². The number of aryl methyl sites for hydroxylation is 1. The number of carbonyl (C=O) groups excluding carboxylic acids is 1. The molecule has 0 radical (unpaired) electrons. The molecule has 1 amide bonds. The summed E-state index contributed by atoms with van der Waals surface area (Å²) in [6, 6.07) is 11.2. The van der Waals surface area contributed by atoms with Crippen molar-refractivity contribution in [3.63, 3.8) is 0 Å². The minimum absolute atomic E-state index is 0.144. The third-order valence-corrected chi connectivity index (χ3v) is 4.36. The largest absolute Gasteiger partial charge is 0.495 e. The summed E-state index contributed by atoms with van der Waals surface area (Å²) in [5.74, 6) is 0.809. The summed E-state index contributed by atoms with van der Waals surface area (Å²) in [6.07, 6.45) is 0. The Bertz CT molecular complexity index is 739. The fourth-order valence-corrected chi connectivity index (χ4v) is 2.57. The molecule has 0 saturated carbocycles. The lowest BCUT2D eigenvalue weighted by molar-refractivity contribution is -0.120. The molecule has 0 spiro atoms. The van der Waals surface area contributed by atoms with Crippen LogP contribution in [0.4, 0.5) is 5.69 Å². The molecule has 2 aromatic rings. The smallest absolute Gasteiger partial charge is 0.234 e. The van der Waals surface area contributed by atoms with Crippen molar-refractivity contribution in [1.29, 1.82) is 0 Å². The number of carbonyl (C=O) groups is 1. The molecule has 0 bridgehead atoms. The maximum atomic E-state index is 12.8. The van der Waals surface area contributed by atoms with Gasteiger partial charge in [0.1, 0.15) is 11.5 Å². The number of nitrogens with one attached hydrogen (secondary N) is 1. The number of hydrogen-bond donors (Lipinski definition) is 1. The number of ether oxygens (including phenoxy) is 2. The van der Waals surface area contributed by atoms with E-state index in [2.05, 4.69) is 5.32 Å². The molecule has 5 heteroatoms. The second-order valence-electron chi connectivity index (χ2n) is 6.13. The van der Waals surface area contributed by atoms with Gasteiger partial charge in [-0.15, -0.1) is 0 Å². The van der Waals surface area contributed by atoms with E-state index in [9.17, 15) is 4.79 Å². The molecule has 0 aliphatic heterocycles. The van der Waals surface area contributed by atoms with Crippen molar-refractivity contribution in [1.82, 2.24) is 0 Å². The molecular weight excluding hydrogens is 326 g/mol. The predicted octanol–water partition coefficient (Wildman–Crippen LogP) is 4.58. The summed E-state index contributed by atoms with van der Waals surface area (Å²) < 4.78 is 10.5. The van der Waals surface area contributed by atoms with Gasteiger partial charge in [0.15, 0.2) is 0 Å². The first-order valence-electron chi connectivity index (χ1n) is 7.59. The molecule has 2 aromatic carbocycles. The molecule has 0 atom stereocenters. The fourth-order valence-electron chi connectivity index (χ4n) is 2.34. The molecule has 0 aliphatic carbocycles. The van der Waals surface area contributed by atoms with Crippen molar-refractivity contribution in [2.24, 2.45) is 0 Å². The minimum atomic E-state index is -0.703. The predicted molar refractivity (Wildman–Crippen MR) is 97.4 cm³/mol. The summed E-state index contributed by atoms with van der Waals surface area (Å²) in [7, 11) is 3.05. The Labute approximate surface area is 147 Å². The molecular formula is C19H22ClNO3. The first-order valence-corrected chi connectivity index (χ1v) is 7.97. The minimum Gasteiger partial charge on any atom is -0.495 e. The van der Waals surface area contributed by atoms with Gasteiger partial charge < -0.3 is 14.8 Å². The molecule has 128 valence electrons. The Hall–Kier alpha value is -2.20. The van der Waals surface area contributed by atoms with E-state index in [4.69, 9.17) is 21.1 Å². The van der Waals surface area contributed by atoms with Crippen molar-refractivity contribution < 1.29 is 14.3 Å². The van der Waals surface area contributed by atoms with Crippen molar-refractivity contribution in [2.75, 3.05) is 19.5 Å². The Morgan fingerprint density at radius 1 is 1.04 bits per heavy atom. The summed E-state index contributed by atoms with van der Waals surface area (Å²) in [5.41, 5.74) is 1.90. The number of anilines is 1. The number of halogens is 1. The Kier molecular flexibility index (Phi) is 5.40. The van der Waals surface area contributed by atoms with E-state index in [0.29, 0.717) is 22.2 Å². The van der Waals surface area contributed by atoms with E-state index in [0.717, 1.165) is 11.1 Å². The maximum absolute atomic E-state index is 12.8. The molecule has 0 unspecified atom stereocenters. The van der Waals surface area contributed by atoms with Gasteiger partial charge in [-0.25, -0.2) is 0 Å². The highest BCUT2D eigenvalue weighted by Crippen LogP contribution is 2.37. The molecule has 0 heterocycles. The molecule has 0 aliphatic rings. The first-order chi connectivity index (χ1) is 11.3. The lowest BCUT2D eigenvalue weighted by Gasteiger charge is -2.25. The molecule has 4 nitrogen and oxygen atoms in total. The third kappa shape index (κ3) is 3.65. The van der Waals surface area contributed by atoms with Crippen LogP contribution in [0.2, 0.25) is 5.02 Å². The van der Waals surface area contributed by atoms with Gasteiger partial charge in [0, 0.05) is 12.1 Å². The standard InChI is InChI=1S/C19H22ClNO3/c1-12-6-8-13(9-7-12)19(2,3)18(22)21-15-11-16(23-4)14(20)10-17(15)24-5/h6-11H,1-5H3,(H,21,22). The van der Waals surface area contributed by atoms with Crippen LogP contribution < -0.4 is 14.8 Å². The van der Waals surface area contributed by atoms with Crippen LogP contribution >= 0.6 is 11.6 Å². The van der Waals surface area contributed by atoms with E-state index in [1.165, 1.54) is 14.2 Å². The lowest BCUT2D eigenvalue weighted by Crippen LogP contribution is -2.34. The van der Waals surface area contributed by atoms with Gasteiger partial charge in [-0.05, 0) is 26.3 Å². The monoisotopic (exact) mass is 347 g/mol. The normalized spacial score (nSPS) is 11.1. The number of methoxy groups -OCH3 is 2. The van der Waals surface area contributed by atoms with E-state index in [1.807, 2.05) is 45.0 Å². The second-order valence-corrected chi connectivity index (χ2v) is 6.54. The van der Waals surface area contributed by atoms with Crippen LogP contribution in [0.3, 0.4) is 0 Å². The molecule has 0 aromatic heterocycles. The number of benzene rings is 2. The van der Waals surface area contributed by atoms with Gasteiger partial charge in [-0.1, -0.05) is 41.4 Å². The number of rotatable bonds is 5. The van der Waals surface area contributed by atoms with Gasteiger partial charge in [-0.3, -0.25) is 4.79 Å². The molecule has 0 saturated heterocycles. The van der Waals surface area contributed by atoms with E-state index in [-0.39, 0.29) is 5.91 Å². The van der Waals surface area contributed by atoms with Crippen molar-refractivity contribution >= 4 is 23.2 Å². The quantitative estimate of drug-likeness (QED) is 0.861. The van der Waals surface area contributed by atoms with Crippen LogP contribution in [0, 0.1) is 6.92 Å². The Morgan fingerprint density at radius 3 is 2.17 bits per heavy atom. The van der Waals surface area contributed by atoms with Crippen LogP contribution in [0.25, 0.3) is 0 Å². The second kappa shape index (κ2) is 7.14. The van der Waals surface area contributed by atoms with E-state index >= 15 is 0 Å². The summed E-state index contributed by atoms with van der Waals surface area (Å²) in [6.45, 7) is 5.78. The van der Waals surface area contributed by atoms with E-state index in [1.54, 1.807) is 12.1 Å². The summed E-state index contributed by atoms with van der Waals surface area (Å²) in [5, 5.41) is 3.34. The topological polar surface area (TPSA) is 47.6 Å². The van der Waals surface area contributed by atoms with Crippen LogP contribution in [-0.2, 0) is 10.2 Å². The molecule has 1 N–H and O–H groups in total. The van der Waals surface area contributed by atoms with Crippen molar-refractivity contribution in [3.05, 3.63) is 52.5 Å².